The summed E-state index contributed by atoms with van der Waals surface area (Å²) in [5.41, 5.74) is 1.04. The smallest absolute Gasteiger partial charge is 0.320 e. The van der Waals surface area contributed by atoms with E-state index >= 15 is 0 Å². The van der Waals surface area contributed by atoms with Crippen molar-refractivity contribution in [3.05, 3.63) is 11.8 Å². The maximum absolute atomic E-state index is 12.4. The van der Waals surface area contributed by atoms with Gasteiger partial charge in [0.2, 0.25) is 0 Å². The maximum atomic E-state index is 12.4. The van der Waals surface area contributed by atoms with Crippen LogP contribution in [0.3, 0.4) is 0 Å². The van der Waals surface area contributed by atoms with Gasteiger partial charge in [0.1, 0.15) is 0 Å². The van der Waals surface area contributed by atoms with E-state index in [1.165, 1.54) is 25.5 Å². The zero-order valence-electron chi connectivity index (χ0n) is 15.7. The molecule has 1 aromatic heterocycles. The lowest BCUT2D eigenvalue weighted by atomic mass is 9.95. The zero-order chi connectivity index (χ0) is 18.7. The summed E-state index contributed by atoms with van der Waals surface area (Å²) in [5.74, 6) is 0.525. The molecule has 1 aromatic rings. The van der Waals surface area contributed by atoms with E-state index in [2.05, 4.69) is 15.7 Å². The third-order valence-corrected chi connectivity index (χ3v) is 7.32. The average Bonchev–Trinajstić information content (AvgIpc) is 2.95. The summed E-state index contributed by atoms with van der Waals surface area (Å²) >= 11 is 0. The van der Waals surface area contributed by atoms with E-state index < -0.39 is 15.1 Å². The predicted molar refractivity (Wildman–Crippen MR) is 102 cm³/mol. The Morgan fingerprint density at radius 3 is 2.46 bits per heavy atom. The van der Waals surface area contributed by atoms with Crippen molar-refractivity contribution >= 4 is 21.7 Å². The Morgan fingerprint density at radius 1 is 1.12 bits per heavy atom. The van der Waals surface area contributed by atoms with Crippen LogP contribution < -0.4 is 10.6 Å². The van der Waals surface area contributed by atoms with Crippen LogP contribution in [0.1, 0.15) is 69.5 Å². The Morgan fingerprint density at radius 2 is 1.77 bits per heavy atom. The third-order valence-electron chi connectivity index (χ3n) is 5.65. The van der Waals surface area contributed by atoms with E-state index in [0.717, 1.165) is 31.4 Å². The van der Waals surface area contributed by atoms with Crippen LogP contribution in [0.15, 0.2) is 6.07 Å². The highest BCUT2D eigenvalue weighted by Gasteiger charge is 2.33. The molecule has 2 amide bonds. The Bertz CT molecular complexity index is 738. The number of nitrogens with one attached hydrogen (secondary N) is 2. The van der Waals surface area contributed by atoms with Crippen LogP contribution in [0.2, 0.25) is 0 Å². The molecule has 2 aliphatic carbocycles. The van der Waals surface area contributed by atoms with Crippen molar-refractivity contribution < 1.29 is 13.2 Å². The number of carbonyl (C=O) groups excluding carboxylic acids is 1. The van der Waals surface area contributed by atoms with Crippen LogP contribution in [-0.2, 0) is 9.84 Å². The molecule has 0 radical (unpaired) electrons. The van der Waals surface area contributed by atoms with Gasteiger partial charge in [0, 0.05) is 24.1 Å². The first-order chi connectivity index (χ1) is 12.3. The van der Waals surface area contributed by atoms with Crippen molar-refractivity contribution in [2.24, 2.45) is 0 Å². The molecule has 2 N–H and O–H groups in total. The topological polar surface area (TPSA) is 93.1 Å². The lowest BCUT2D eigenvalue weighted by Gasteiger charge is -2.30. The monoisotopic (exact) mass is 382 g/mol. The van der Waals surface area contributed by atoms with Crippen molar-refractivity contribution in [3.63, 3.8) is 0 Å². The number of aryl methyl sites for hydroxylation is 1. The van der Waals surface area contributed by atoms with Crippen LogP contribution in [0.5, 0.6) is 0 Å². The van der Waals surface area contributed by atoms with E-state index in [9.17, 15) is 13.2 Å². The average molecular weight is 383 g/mol. The summed E-state index contributed by atoms with van der Waals surface area (Å²) in [5, 5.41) is 9.70. The molecule has 8 heteroatoms. The lowest BCUT2D eigenvalue weighted by Crippen LogP contribution is -2.49. The van der Waals surface area contributed by atoms with E-state index in [4.69, 9.17) is 0 Å². The molecule has 0 saturated heterocycles. The second-order valence-corrected chi connectivity index (χ2v) is 10.0. The van der Waals surface area contributed by atoms with Gasteiger partial charge in [-0.1, -0.05) is 32.1 Å². The van der Waals surface area contributed by atoms with Crippen LogP contribution in [0.25, 0.3) is 0 Å². The van der Waals surface area contributed by atoms with Gasteiger partial charge in [0.25, 0.3) is 0 Å². The molecule has 7 nitrogen and oxygen atoms in total. The molecule has 0 spiro atoms. The maximum Gasteiger partial charge on any atom is 0.320 e. The standard InChI is InChI=1S/C18H30N4O3S/c1-13-12-17(21-22(13)14-8-4-3-5-9-14)20-18(23)19-15-10-6-7-11-16(15)26(2,24)25/h12,14-16H,3-11H2,1-2H3,(H2,19,20,21,23)/t15-,16-/m1/s1. The van der Waals surface area contributed by atoms with Crippen LogP contribution in [0, 0.1) is 6.92 Å². The Labute approximate surface area is 155 Å². The summed E-state index contributed by atoms with van der Waals surface area (Å²) in [6.45, 7) is 2.01. The Kier molecular flexibility index (Phi) is 5.89. The quantitative estimate of drug-likeness (QED) is 0.836. The van der Waals surface area contributed by atoms with Gasteiger partial charge in [-0.15, -0.1) is 0 Å². The molecule has 2 saturated carbocycles. The summed E-state index contributed by atoms with van der Waals surface area (Å²) in [4.78, 5) is 12.4. The fraction of sp³-hybridized carbons (Fsp3) is 0.778. The molecular weight excluding hydrogens is 352 g/mol. The minimum Gasteiger partial charge on any atom is -0.334 e. The SMILES string of the molecule is Cc1cc(NC(=O)N[C@@H]2CCCC[C@H]2S(C)(=O)=O)nn1C1CCCCC1. The van der Waals surface area contributed by atoms with Gasteiger partial charge in [-0.05, 0) is 32.6 Å². The molecule has 26 heavy (non-hydrogen) atoms. The normalized spacial score (nSPS) is 25.0. The van der Waals surface area contributed by atoms with Gasteiger partial charge in [0.15, 0.2) is 15.7 Å². The Hall–Kier alpha value is -1.57. The minimum absolute atomic E-state index is 0.333. The molecule has 0 aliphatic heterocycles. The predicted octanol–water partition coefficient (Wildman–Crippen LogP) is 3.17. The molecule has 0 aromatic carbocycles. The van der Waals surface area contributed by atoms with Crippen molar-refractivity contribution in [1.29, 1.82) is 0 Å². The van der Waals surface area contributed by atoms with Crippen LogP contribution in [0.4, 0.5) is 10.6 Å². The van der Waals surface area contributed by atoms with Crippen LogP contribution >= 0.6 is 0 Å². The highest BCUT2D eigenvalue weighted by Crippen LogP contribution is 2.29. The Balaban J connectivity index is 1.62. The fourth-order valence-electron chi connectivity index (χ4n) is 4.34. The molecule has 1 heterocycles. The fourth-order valence-corrected chi connectivity index (χ4v) is 5.74. The van der Waals surface area contributed by atoms with E-state index in [-0.39, 0.29) is 12.1 Å². The molecule has 146 valence electrons. The molecule has 2 aliphatic rings. The van der Waals surface area contributed by atoms with E-state index in [1.54, 1.807) is 0 Å². The largest absolute Gasteiger partial charge is 0.334 e. The number of urea groups is 1. The number of anilines is 1. The number of aromatic nitrogens is 2. The minimum atomic E-state index is -3.17. The van der Waals surface area contributed by atoms with Crippen LogP contribution in [-0.4, -0.2) is 41.8 Å². The van der Waals surface area contributed by atoms with Crippen molar-refractivity contribution in [2.45, 2.75) is 82.0 Å². The number of amides is 2. The summed E-state index contributed by atoms with van der Waals surface area (Å²) in [7, 11) is -3.17. The van der Waals surface area contributed by atoms with Gasteiger partial charge >= 0.3 is 6.03 Å². The number of nitrogens with zero attached hydrogens (tertiary/aromatic N) is 2. The summed E-state index contributed by atoms with van der Waals surface area (Å²) in [6.07, 6.45) is 10.4. The molecule has 0 unspecified atom stereocenters. The van der Waals surface area contributed by atoms with Gasteiger partial charge in [-0.2, -0.15) is 5.10 Å². The van der Waals surface area contributed by atoms with E-state index in [0.29, 0.717) is 24.7 Å². The number of sulfone groups is 1. The number of hydrogen-bond acceptors (Lipinski definition) is 4. The second-order valence-electron chi connectivity index (χ2n) is 7.76. The first-order valence-electron chi connectivity index (χ1n) is 9.67. The molecule has 0 bridgehead atoms. The second kappa shape index (κ2) is 7.98. The zero-order valence-corrected chi connectivity index (χ0v) is 16.5. The first kappa shape index (κ1) is 19.2. The van der Waals surface area contributed by atoms with Crippen molar-refractivity contribution in [2.75, 3.05) is 11.6 Å². The van der Waals surface area contributed by atoms with E-state index in [1.807, 2.05) is 17.7 Å². The van der Waals surface area contributed by atoms with Crippen molar-refractivity contribution in [1.82, 2.24) is 15.1 Å². The summed E-state index contributed by atoms with van der Waals surface area (Å²) in [6, 6.07) is 1.58. The number of carbonyl (C=O) groups is 1. The molecular formula is C18H30N4O3S. The van der Waals surface area contributed by atoms with Gasteiger partial charge in [-0.3, -0.25) is 10.00 Å². The van der Waals surface area contributed by atoms with Crippen molar-refractivity contribution in [3.8, 4) is 0 Å². The van der Waals surface area contributed by atoms with Gasteiger partial charge < -0.3 is 5.32 Å². The molecule has 2 atom stereocenters. The number of hydrogen-bond donors (Lipinski definition) is 2. The first-order valence-corrected chi connectivity index (χ1v) is 11.6. The highest BCUT2D eigenvalue weighted by atomic mass is 32.2. The third kappa shape index (κ3) is 4.58. The van der Waals surface area contributed by atoms with Gasteiger partial charge in [0.05, 0.1) is 11.3 Å². The summed E-state index contributed by atoms with van der Waals surface area (Å²) < 4.78 is 26.0. The lowest BCUT2D eigenvalue weighted by molar-refractivity contribution is 0.244. The molecule has 3 rings (SSSR count). The number of rotatable bonds is 4. The molecule has 2 fully saturated rings. The highest BCUT2D eigenvalue weighted by molar-refractivity contribution is 7.91. The van der Waals surface area contributed by atoms with Gasteiger partial charge in [-0.25, -0.2) is 13.2 Å².